The number of likely N-dealkylation sites (tertiary alicyclic amines) is 1. The van der Waals surface area contributed by atoms with Crippen LogP contribution in [0.25, 0.3) is 0 Å². The molecule has 2 aliphatic rings. The van der Waals surface area contributed by atoms with Crippen molar-refractivity contribution >= 4 is 5.91 Å². The van der Waals surface area contributed by atoms with E-state index in [0.717, 1.165) is 50.2 Å². The van der Waals surface area contributed by atoms with Crippen LogP contribution < -0.4 is 5.32 Å². The van der Waals surface area contributed by atoms with E-state index in [1.807, 2.05) is 24.0 Å². The normalized spacial score (nSPS) is 21.0. The van der Waals surface area contributed by atoms with E-state index in [1.165, 1.54) is 18.5 Å². The van der Waals surface area contributed by atoms with Gasteiger partial charge in [0.2, 0.25) is 0 Å². The molecule has 0 aromatic carbocycles. The molecule has 1 atom stereocenters. The van der Waals surface area contributed by atoms with Crippen LogP contribution >= 0.6 is 0 Å². The summed E-state index contributed by atoms with van der Waals surface area (Å²) in [6, 6.07) is 3.74. The van der Waals surface area contributed by atoms with Gasteiger partial charge >= 0.3 is 0 Å². The molecule has 0 bridgehead atoms. The number of hydrogen-bond acceptors (Lipinski definition) is 4. The monoisotopic (exact) mass is 328 g/mol. The van der Waals surface area contributed by atoms with Crippen LogP contribution in [-0.4, -0.2) is 33.7 Å². The van der Waals surface area contributed by atoms with Crippen LogP contribution in [0, 0.1) is 0 Å². The third kappa shape index (κ3) is 2.98. The zero-order valence-electron chi connectivity index (χ0n) is 14.1. The molecule has 2 aromatic heterocycles. The zero-order chi connectivity index (χ0) is 16.5. The van der Waals surface area contributed by atoms with Crippen molar-refractivity contribution in [2.24, 2.45) is 7.05 Å². The quantitative estimate of drug-likeness (QED) is 0.936. The molecular formula is C18H24N4O2. The molecule has 0 spiro atoms. The van der Waals surface area contributed by atoms with E-state index in [1.54, 1.807) is 6.07 Å². The van der Waals surface area contributed by atoms with Gasteiger partial charge in [0.1, 0.15) is 5.76 Å². The molecule has 4 rings (SSSR count). The van der Waals surface area contributed by atoms with E-state index in [4.69, 9.17) is 4.42 Å². The van der Waals surface area contributed by atoms with Crippen molar-refractivity contribution in [3.63, 3.8) is 0 Å². The van der Waals surface area contributed by atoms with Crippen molar-refractivity contribution in [3.8, 4) is 0 Å². The Morgan fingerprint density at radius 1 is 1.33 bits per heavy atom. The van der Waals surface area contributed by atoms with Crippen LogP contribution in [0.3, 0.4) is 0 Å². The van der Waals surface area contributed by atoms with Gasteiger partial charge in [-0.2, -0.15) is 5.10 Å². The van der Waals surface area contributed by atoms with E-state index in [-0.39, 0.29) is 11.9 Å². The number of furan rings is 1. The maximum absolute atomic E-state index is 12.5. The number of nitrogens with zero attached hydrogens (tertiary/aromatic N) is 3. The van der Waals surface area contributed by atoms with Crippen LogP contribution in [-0.2, 0) is 20.0 Å². The average molecular weight is 328 g/mol. The third-order valence-corrected chi connectivity index (χ3v) is 5.14. The lowest BCUT2D eigenvalue weighted by molar-refractivity contribution is 0.0901. The largest absolute Gasteiger partial charge is 0.455 e. The Hall–Kier alpha value is -2.08. The van der Waals surface area contributed by atoms with Crippen molar-refractivity contribution in [1.82, 2.24) is 20.0 Å². The summed E-state index contributed by atoms with van der Waals surface area (Å²) in [4.78, 5) is 14.9. The highest BCUT2D eigenvalue weighted by molar-refractivity contribution is 5.91. The van der Waals surface area contributed by atoms with Gasteiger partial charge in [0, 0.05) is 18.3 Å². The summed E-state index contributed by atoms with van der Waals surface area (Å²) in [5.74, 6) is 1.14. The summed E-state index contributed by atoms with van der Waals surface area (Å²) in [6.45, 7) is 3.03. The number of carbonyl (C=O) groups is 1. The third-order valence-electron chi connectivity index (χ3n) is 5.14. The number of rotatable bonds is 4. The number of nitrogens with one attached hydrogen (secondary N) is 1. The predicted molar refractivity (Wildman–Crippen MR) is 89.6 cm³/mol. The maximum Gasteiger partial charge on any atom is 0.287 e. The number of aromatic nitrogens is 2. The standard InChI is InChI=1S/C18H24N4O2/c1-21-16-6-4-5-15(14(16)11-19-21)20-18(23)17-8-7-13(24-17)12-22-9-2-3-10-22/h7-8,11,15H,2-6,9-10,12H2,1H3,(H,20,23)/t15-/m1/s1. The summed E-state index contributed by atoms with van der Waals surface area (Å²) >= 11 is 0. The van der Waals surface area contributed by atoms with Crippen molar-refractivity contribution in [2.45, 2.75) is 44.7 Å². The fourth-order valence-corrected chi connectivity index (χ4v) is 3.83. The summed E-state index contributed by atoms with van der Waals surface area (Å²) in [7, 11) is 1.96. The molecule has 6 heteroatoms. The van der Waals surface area contributed by atoms with Crippen LogP contribution in [0.4, 0.5) is 0 Å². The second-order valence-corrected chi connectivity index (χ2v) is 6.84. The molecule has 1 N–H and O–H groups in total. The highest BCUT2D eigenvalue weighted by atomic mass is 16.4. The lowest BCUT2D eigenvalue weighted by Crippen LogP contribution is -2.30. The van der Waals surface area contributed by atoms with Gasteiger partial charge in [-0.15, -0.1) is 0 Å². The minimum atomic E-state index is -0.135. The molecular weight excluding hydrogens is 304 g/mol. The lowest BCUT2D eigenvalue weighted by atomic mass is 9.93. The van der Waals surface area contributed by atoms with Gasteiger partial charge in [-0.3, -0.25) is 14.4 Å². The molecule has 6 nitrogen and oxygen atoms in total. The molecule has 128 valence electrons. The Kier molecular flexibility index (Phi) is 4.14. The Morgan fingerprint density at radius 2 is 2.17 bits per heavy atom. The highest BCUT2D eigenvalue weighted by Crippen LogP contribution is 2.29. The van der Waals surface area contributed by atoms with Gasteiger partial charge in [-0.25, -0.2) is 0 Å². The fraction of sp³-hybridized carbons (Fsp3) is 0.556. The Balaban J connectivity index is 1.42. The zero-order valence-corrected chi connectivity index (χ0v) is 14.1. The SMILES string of the molecule is Cn1ncc2c1CCC[C@H]2NC(=O)c1ccc(CN2CCCC2)o1. The minimum Gasteiger partial charge on any atom is -0.455 e. The van der Waals surface area contributed by atoms with Gasteiger partial charge in [0.05, 0.1) is 18.8 Å². The number of amides is 1. The van der Waals surface area contributed by atoms with Crippen LogP contribution in [0.1, 0.15) is 59.3 Å². The predicted octanol–water partition coefficient (Wildman–Crippen LogP) is 2.42. The van der Waals surface area contributed by atoms with Crippen LogP contribution in [0.5, 0.6) is 0 Å². The molecule has 0 radical (unpaired) electrons. The maximum atomic E-state index is 12.5. The van der Waals surface area contributed by atoms with Crippen molar-refractivity contribution in [3.05, 3.63) is 41.1 Å². The van der Waals surface area contributed by atoms with Gasteiger partial charge < -0.3 is 9.73 Å². The fourth-order valence-electron chi connectivity index (χ4n) is 3.83. The molecule has 3 heterocycles. The van der Waals surface area contributed by atoms with Gasteiger partial charge in [-0.1, -0.05) is 0 Å². The molecule has 1 aliphatic carbocycles. The molecule has 1 saturated heterocycles. The first kappa shape index (κ1) is 15.4. The Bertz CT molecular complexity index is 727. The molecule has 0 saturated carbocycles. The summed E-state index contributed by atoms with van der Waals surface area (Å²) in [5, 5.41) is 7.44. The first-order chi connectivity index (χ1) is 11.7. The molecule has 1 fully saturated rings. The molecule has 0 unspecified atom stereocenters. The molecule has 2 aromatic rings. The Labute approximate surface area is 141 Å². The van der Waals surface area contributed by atoms with Crippen molar-refractivity contribution < 1.29 is 9.21 Å². The van der Waals surface area contributed by atoms with Crippen LogP contribution in [0.15, 0.2) is 22.7 Å². The first-order valence-corrected chi connectivity index (χ1v) is 8.83. The van der Waals surface area contributed by atoms with E-state index < -0.39 is 0 Å². The van der Waals surface area contributed by atoms with E-state index >= 15 is 0 Å². The topological polar surface area (TPSA) is 63.3 Å². The molecule has 24 heavy (non-hydrogen) atoms. The van der Waals surface area contributed by atoms with E-state index in [0.29, 0.717) is 5.76 Å². The summed E-state index contributed by atoms with van der Waals surface area (Å²) in [6.07, 6.45) is 7.42. The molecule has 1 aliphatic heterocycles. The number of hydrogen-bond donors (Lipinski definition) is 1. The summed E-state index contributed by atoms with van der Waals surface area (Å²) in [5.41, 5.74) is 2.36. The minimum absolute atomic E-state index is 0.0297. The smallest absolute Gasteiger partial charge is 0.287 e. The van der Waals surface area contributed by atoms with E-state index in [2.05, 4.69) is 15.3 Å². The van der Waals surface area contributed by atoms with Gasteiger partial charge in [0.15, 0.2) is 5.76 Å². The number of fused-ring (bicyclic) bond motifs is 1. The number of carbonyl (C=O) groups excluding carboxylic acids is 1. The lowest BCUT2D eigenvalue weighted by Gasteiger charge is -2.23. The summed E-state index contributed by atoms with van der Waals surface area (Å²) < 4.78 is 7.68. The highest BCUT2D eigenvalue weighted by Gasteiger charge is 2.26. The molecule has 1 amide bonds. The Morgan fingerprint density at radius 3 is 3.00 bits per heavy atom. The van der Waals surface area contributed by atoms with Crippen molar-refractivity contribution in [2.75, 3.05) is 13.1 Å². The van der Waals surface area contributed by atoms with Crippen LogP contribution in [0.2, 0.25) is 0 Å². The van der Waals surface area contributed by atoms with E-state index in [9.17, 15) is 4.79 Å². The second-order valence-electron chi connectivity index (χ2n) is 6.84. The van der Waals surface area contributed by atoms with Crippen molar-refractivity contribution in [1.29, 1.82) is 0 Å². The van der Waals surface area contributed by atoms with Gasteiger partial charge in [-0.05, 0) is 57.3 Å². The van der Waals surface area contributed by atoms with Gasteiger partial charge in [0.25, 0.3) is 5.91 Å². The second kappa shape index (κ2) is 6.43. The average Bonchev–Trinajstić information content (AvgIpc) is 3.31. The number of aryl methyl sites for hydroxylation is 1. The first-order valence-electron chi connectivity index (χ1n) is 8.83.